The molecule has 2 aromatic carbocycles. The van der Waals surface area contributed by atoms with E-state index in [4.69, 9.17) is 23.2 Å². The molecule has 0 fully saturated rings. The summed E-state index contributed by atoms with van der Waals surface area (Å²) in [6, 6.07) is 11.7. The summed E-state index contributed by atoms with van der Waals surface area (Å²) >= 11 is 12.3. The minimum atomic E-state index is -1.75. The van der Waals surface area contributed by atoms with Gasteiger partial charge in [0.1, 0.15) is 5.69 Å². The number of hydrogen-bond acceptors (Lipinski definition) is 4. The van der Waals surface area contributed by atoms with Gasteiger partial charge in [-0.2, -0.15) is 5.10 Å². The highest BCUT2D eigenvalue weighted by Crippen LogP contribution is 2.30. The second-order valence-corrected chi connectivity index (χ2v) is 7.40. The van der Waals surface area contributed by atoms with Gasteiger partial charge < -0.3 is 0 Å². The number of amides is 1. The highest BCUT2D eigenvalue weighted by molar-refractivity contribution is 7.93. The maximum atomic E-state index is 13.1. The van der Waals surface area contributed by atoms with Crippen LogP contribution >= 0.6 is 23.2 Å². The molecule has 4 rings (SSSR count). The third-order valence-corrected chi connectivity index (χ3v) is 5.53. The summed E-state index contributed by atoms with van der Waals surface area (Å²) in [4.78, 5) is 24.6. The van der Waals surface area contributed by atoms with Crippen molar-refractivity contribution < 1.29 is 13.8 Å². The average Bonchev–Trinajstić information content (AvgIpc) is 3.14. The van der Waals surface area contributed by atoms with Crippen LogP contribution in [0.3, 0.4) is 0 Å². The van der Waals surface area contributed by atoms with Gasteiger partial charge in [0.2, 0.25) is 5.78 Å². The molecule has 0 spiro atoms. The Kier molecular flexibility index (Phi) is 4.14. The van der Waals surface area contributed by atoms with Gasteiger partial charge in [0, 0.05) is 11.5 Å². The fraction of sp³-hybridized carbons (Fsp3) is 0. The summed E-state index contributed by atoms with van der Waals surface area (Å²) in [5.41, 5.74) is 0.782. The van der Waals surface area contributed by atoms with E-state index in [0.717, 1.165) is 0 Å². The number of ketones is 1. The SMILES string of the molecule is O=C1C=C(n2nc(C(=O)c3c(Cl)cccc3Cl)c3ccccc32)S(=O)N1. The lowest BCUT2D eigenvalue weighted by molar-refractivity contribution is -0.114. The first-order valence-corrected chi connectivity index (χ1v) is 9.29. The van der Waals surface area contributed by atoms with E-state index < -0.39 is 22.7 Å². The summed E-state index contributed by atoms with van der Waals surface area (Å²) in [6.07, 6.45) is 1.19. The third kappa shape index (κ3) is 2.65. The molecule has 6 nitrogen and oxygen atoms in total. The molecule has 0 saturated carbocycles. The number of benzene rings is 2. The molecule has 0 saturated heterocycles. The fourth-order valence-corrected chi connectivity index (χ4v) is 4.14. The number of nitrogens with zero attached hydrogens (tertiary/aromatic N) is 2. The molecule has 1 amide bonds. The van der Waals surface area contributed by atoms with Crippen molar-refractivity contribution >= 4 is 61.8 Å². The molecule has 2 heterocycles. The standard InChI is InChI=1S/C17H9Cl2N3O3S/c18-10-5-3-6-11(19)15(10)17(24)16-9-4-1-2-7-12(9)22(20-16)14-8-13(23)21-26(14)25/h1-8H,(H,21,23). The summed E-state index contributed by atoms with van der Waals surface area (Å²) < 4.78 is 15.7. The van der Waals surface area contributed by atoms with Crippen molar-refractivity contribution in [2.45, 2.75) is 0 Å². The van der Waals surface area contributed by atoms with Gasteiger partial charge in [0.15, 0.2) is 16.0 Å². The Hall–Kier alpha value is -2.48. The maximum Gasteiger partial charge on any atom is 0.258 e. The number of rotatable bonds is 3. The van der Waals surface area contributed by atoms with Crippen LogP contribution in [0, 0.1) is 0 Å². The van der Waals surface area contributed by atoms with E-state index in [1.807, 2.05) is 0 Å². The molecule has 0 bridgehead atoms. The summed E-state index contributed by atoms with van der Waals surface area (Å²) in [5, 5.41) is 5.41. The predicted molar refractivity (Wildman–Crippen MR) is 100 cm³/mol. The maximum absolute atomic E-state index is 13.1. The van der Waals surface area contributed by atoms with Crippen molar-refractivity contribution in [3.8, 4) is 0 Å². The van der Waals surface area contributed by atoms with Crippen molar-refractivity contribution in [1.29, 1.82) is 0 Å². The Morgan fingerprint density at radius 1 is 1.08 bits per heavy atom. The Bertz CT molecular complexity index is 1130. The summed E-state index contributed by atoms with van der Waals surface area (Å²) in [7, 11) is -1.75. The molecule has 3 aromatic rings. The predicted octanol–water partition coefficient (Wildman–Crippen LogP) is 3.17. The van der Waals surface area contributed by atoms with Gasteiger partial charge in [-0.3, -0.25) is 14.3 Å². The molecule has 26 heavy (non-hydrogen) atoms. The van der Waals surface area contributed by atoms with Gasteiger partial charge in [0.05, 0.1) is 21.1 Å². The first kappa shape index (κ1) is 17.0. The van der Waals surface area contributed by atoms with Gasteiger partial charge in [-0.05, 0) is 18.2 Å². The van der Waals surface area contributed by atoms with Gasteiger partial charge in [-0.1, -0.05) is 47.5 Å². The lowest BCUT2D eigenvalue weighted by Crippen LogP contribution is -2.17. The van der Waals surface area contributed by atoms with E-state index in [0.29, 0.717) is 10.9 Å². The number of carbonyl (C=O) groups excluding carboxylic acids is 2. The van der Waals surface area contributed by atoms with E-state index in [-0.39, 0.29) is 26.3 Å². The molecule has 1 aliphatic rings. The lowest BCUT2D eigenvalue weighted by atomic mass is 10.1. The molecular weight excluding hydrogens is 397 g/mol. The van der Waals surface area contributed by atoms with Crippen molar-refractivity contribution in [1.82, 2.24) is 14.5 Å². The number of carbonyl (C=O) groups is 2. The van der Waals surface area contributed by atoms with Gasteiger partial charge in [-0.25, -0.2) is 8.89 Å². The van der Waals surface area contributed by atoms with Crippen LogP contribution in [0.25, 0.3) is 15.9 Å². The average molecular weight is 406 g/mol. The second-order valence-electron chi connectivity index (χ2n) is 5.42. The molecule has 1 atom stereocenters. The minimum absolute atomic E-state index is 0.104. The van der Waals surface area contributed by atoms with Crippen molar-refractivity contribution in [2.24, 2.45) is 0 Å². The Balaban J connectivity index is 1.95. The van der Waals surface area contributed by atoms with E-state index in [9.17, 15) is 13.8 Å². The zero-order valence-electron chi connectivity index (χ0n) is 12.9. The number of aromatic nitrogens is 2. The normalized spacial score (nSPS) is 16.6. The van der Waals surface area contributed by atoms with Crippen molar-refractivity contribution in [3.05, 3.63) is 69.8 Å². The summed E-state index contributed by atoms with van der Waals surface area (Å²) in [6.45, 7) is 0. The van der Waals surface area contributed by atoms with Crippen molar-refractivity contribution in [3.63, 3.8) is 0 Å². The molecule has 1 aliphatic heterocycles. The zero-order valence-corrected chi connectivity index (χ0v) is 15.2. The molecule has 130 valence electrons. The number of hydrogen-bond donors (Lipinski definition) is 1. The first-order valence-electron chi connectivity index (χ1n) is 7.38. The molecule has 0 aliphatic carbocycles. The summed E-state index contributed by atoms with van der Waals surface area (Å²) in [5.74, 6) is -0.945. The van der Waals surface area contributed by atoms with Gasteiger partial charge in [-0.15, -0.1) is 0 Å². The first-order chi connectivity index (χ1) is 12.5. The largest absolute Gasteiger partial charge is 0.287 e. The molecule has 1 aromatic heterocycles. The van der Waals surface area contributed by atoms with E-state index in [1.165, 1.54) is 10.8 Å². The third-order valence-electron chi connectivity index (χ3n) is 3.84. The number of para-hydroxylation sites is 1. The van der Waals surface area contributed by atoms with E-state index in [1.54, 1.807) is 42.5 Å². The van der Waals surface area contributed by atoms with Gasteiger partial charge in [0.25, 0.3) is 5.91 Å². The van der Waals surface area contributed by atoms with Crippen LogP contribution in [0.15, 0.2) is 48.5 Å². The van der Waals surface area contributed by atoms with Crippen LogP contribution in [0.2, 0.25) is 10.0 Å². The van der Waals surface area contributed by atoms with Crippen LogP contribution in [-0.2, 0) is 15.8 Å². The molecule has 9 heteroatoms. The van der Waals surface area contributed by atoms with Crippen LogP contribution < -0.4 is 4.72 Å². The smallest absolute Gasteiger partial charge is 0.258 e. The minimum Gasteiger partial charge on any atom is -0.287 e. The number of fused-ring (bicyclic) bond motifs is 1. The Morgan fingerprint density at radius 2 is 1.77 bits per heavy atom. The molecule has 0 radical (unpaired) electrons. The van der Waals surface area contributed by atoms with Crippen molar-refractivity contribution in [2.75, 3.05) is 0 Å². The topological polar surface area (TPSA) is 81.1 Å². The van der Waals surface area contributed by atoms with Crippen LogP contribution in [0.1, 0.15) is 16.1 Å². The monoisotopic (exact) mass is 405 g/mol. The molecule has 1 unspecified atom stereocenters. The zero-order chi connectivity index (χ0) is 18.4. The lowest BCUT2D eigenvalue weighted by Gasteiger charge is -2.04. The molecular formula is C17H9Cl2N3O3S. The number of halogens is 2. The van der Waals surface area contributed by atoms with Crippen LogP contribution in [0.4, 0.5) is 0 Å². The second kappa shape index (κ2) is 6.35. The van der Waals surface area contributed by atoms with Crippen LogP contribution in [-0.4, -0.2) is 25.7 Å². The Labute approximate surface area is 160 Å². The van der Waals surface area contributed by atoms with Crippen LogP contribution in [0.5, 0.6) is 0 Å². The van der Waals surface area contributed by atoms with E-state index in [2.05, 4.69) is 9.82 Å². The number of nitrogens with one attached hydrogen (secondary N) is 1. The Morgan fingerprint density at radius 3 is 2.42 bits per heavy atom. The highest BCUT2D eigenvalue weighted by Gasteiger charge is 2.28. The fourth-order valence-electron chi connectivity index (χ4n) is 2.71. The molecule has 1 N–H and O–H groups in total. The van der Waals surface area contributed by atoms with Gasteiger partial charge >= 0.3 is 0 Å². The quantitative estimate of drug-likeness (QED) is 0.678. The van der Waals surface area contributed by atoms with E-state index >= 15 is 0 Å². The highest BCUT2D eigenvalue weighted by atomic mass is 35.5.